The van der Waals surface area contributed by atoms with E-state index in [1.54, 1.807) is 6.07 Å². The summed E-state index contributed by atoms with van der Waals surface area (Å²) < 4.78 is 10.6. The molecule has 0 aromatic heterocycles. The van der Waals surface area contributed by atoms with Crippen molar-refractivity contribution in [2.45, 2.75) is 13.2 Å². The van der Waals surface area contributed by atoms with Crippen molar-refractivity contribution in [2.75, 3.05) is 31.6 Å². The molecule has 2 aromatic rings. The Kier molecular flexibility index (Phi) is 6.28. The van der Waals surface area contributed by atoms with Crippen LogP contribution in [0.4, 0.5) is 10.5 Å². The Bertz CT molecular complexity index is 703. The summed E-state index contributed by atoms with van der Waals surface area (Å²) in [7, 11) is 0. The number of morpholine rings is 1. The largest absolute Gasteiger partial charge is 0.444 e. The first kappa shape index (κ1) is 17.7. The third kappa shape index (κ3) is 5.46. The summed E-state index contributed by atoms with van der Waals surface area (Å²) in [6.07, 6.45) is -0.499. The van der Waals surface area contributed by atoms with Crippen LogP contribution in [0.15, 0.2) is 48.5 Å². The van der Waals surface area contributed by atoms with Crippen molar-refractivity contribution in [2.24, 2.45) is 0 Å². The van der Waals surface area contributed by atoms with Crippen LogP contribution >= 0.6 is 11.6 Å². The van der Waals surface area contributed by atoms with Crippen molar-refractivity contribution in [3.05, 3.63) is 64.7 Å². The molecule has 0 saturated carbocycles. The summed E-state index contributed by atoms with van der Waals surface area (Å²) >= 11 is 6.36. The van der Waals surface area contributed by atoms with E-state index in [0.717, 1.165) is 44.0 Å². The molecule has 1 saturated heterocycles. The molecule has 6 heteroatoms. The smallest absolute Gasteiger partial charge is 0.411 e. The summed E-state index contributed by atoms with van der Waals surface area (Å²) in [6.45, 7) is 4.33. The van der Waals surface area contributed by atoms with Gasteiger partial charge in [-0.3, -0.25) is 10.2 Å². The molecular formula is C19H21ClN2O3. The van der Waals surface area contributed by atoms with Gasteiger partial charge in [0, 0.05) is 30.3 Å². The van der Waals surface area contributed by atoms with Gasteiger partial charge in [0.15, 0.2) is 0 Å². The van der Waals surface area contributed by atoms with E-state index in [2.05, 4.69) is 10.2 Å². The van der Waals surface area contributed by atoms with Gasteiger partial charge in [0.2, 0.25) is 0 Å². The van der Waals surface area contributed by atoms with E-state index in [-0.39, 0.29) is 6.61 Å². The molecule has 0 unspecified atom stereocenters. The third-order valence-electron chi connectivity index (χ3n) is 4.01. The molecule has 1 amide bonds. The molecule has 0 spiro atoms. The number of carbonyl (C=O) groups excluding carboxylic acids is 1. The summed E-state index contributed by atoms with van der Waals surface area (Å²) in [4.78, 5) is 14.2. The second-order valence-corrected chi connectivity index (χ2v) is 6.29. The Morgan fingerprint density at radius 1 is 1.16 bits per heavy atom. The number of halogens is 1. The molecule has 1 aliphatic rings. The van der Waals surface area contributed by atoms with Gasteiger partial charge in [-0.1, -0.05) is 48.0 Å². The first-order valence-corrected chi connectivity index (χ1v) is 8.65. The van der Waals surface area contributed by atoms with Crippen molar-refractivity contribution in [1.82, 2.24) is 4.90 Å². The lowest BCUT2D eigenvalue weighted by molar-refractivity contribution is 0.0342. The number of hydrogen-bond acceptors (Lipinski definition) is 4. The Hall–Kier alpha value is -2.08. The fourth-order valence-electron chi connectivity index (χ4n) is 2.63. The molecule has 1 aliphatic heterocycles. The van der Waals surface area contributed by atoms with Gasteiger partial charge in [-0.25, -0.2) is 4.79 Å². The minimum Gasteiger partial charge on any atom is -0.444 e. The Morgan fingerprint density at radius 2 is 1.92 bits per heavy atom. The monoisotopic (exact) mass is 360 g/mol. The van der Waals surface area contributed by atoms with Gasteiger partial charge in [-0.2, -0.15) is 0 Å². The molecule has 0 radical (unpaired) electrons. The predicted molar refractivity (Wildman–Crippen MR) is 97.8 cm³/mol. The zero-order valence-corrected chi connectivity index (χ0v) is 14.7. The highest BCUT2D eigenvalue weighted by Crippen LogP contribution is 2.23. The number of rotatable bonds is 5. The van der Waals surface area contributed by atoms with Gasteiger partial charge in [0.25, 0.3) is 0 Å². The Balaban J connectivity index is 1.52. The van der Waals surface area contributed by atoms with Crippen molar-refractivity contribution in [1.29, 1.82) is 0 Å². The highest BCUT2D eigenvalue weighted by Gasteiger charge is 2.13. The van der Waals surface area contributed by atoms with Crippen LogP contribution in [0.1, 0.15) is 11.1 Å². The predicted octanol–water partition coefficient (Wildman–Crippen LogP) is 3.92. The van der Waals surface area contributed by atoms with Crippen molar-refractivity contribution in [3.8, 4) is 0 Å². The summed E-state index contributed by atoms with van der Waals surface area (Å²) in [5.41, 5.74) is 2.59. The summed E-state index contributed by atoms with van der Waals surface area (Å²) in [5, 5.41) is 3.34. The minimum atomic E-state index is -0.499. The SMILES string of the molecule is O=C(Nc1ccc(CN2CCOCC2)c(Cl)c1)OCc1ccccc1. The van der Waals surface area contributed by atoms with E-state index in [9.17, 15) is 4.79 Å². The van der Waals surface area contributed by atoms with Crippen LogP contribution in [0, 0.1) is 0 Å². The fraction of sp³-hybridized carbons (Fsp3) is 0.316. The standard InChI is InChI=1S/C19H21ClN2O3/c20-18-12-17(7-6-16(18)13-22-8-10-24-11-9-22)21-19(23)25-14-15-4-2-1-3-5-15/h1-7,12H,8-11,13-14H2,(H,21,23). The number of anilines is 1. The van der Waals surface area contributed by atoms with Gasteiger partial charge in [0.1, 0.15) is 6.61 Å². The number of hydrogen-bond donors (Lipinski definition) is 1. The molecule has 0 bridgehead atoms. The molecule has 3 rings (SSSR count). The maximum atomic E-state index is 11.9. The number of amides is 1. The average molecular weight is 361 g/mol. The van der Waals surface area contributed by atoms with E-state index < -0.39 is 6.09 Å². The lowest BCUT2D eigenvalue weighted by atomic mass is 10.2. The van der Waals surface area contributed by atoms with Crippen LogP contribution in [0.2, 0.25) is 5.02 Å². The van der Waals surface area contributed by atoms with Crippen molar-refractivity contribution in [3.63, 3.8) is 0 Å². The highest BCUT2D eigenvalue weighted by atomic mass is 35.5. The molecule has 1 N–H and O–H groups in total. The first-order valence-electron chi connectivity index (χ1n) is 8.27. The number of nitrogens with one attached hydrogen (secondary N) is 1. The minimum absolute atomic E-state index is 0.232. The van der Waals surface area contributed by atoms with Gasteiger partial charge in [-0.15, -0.1) is 0 Å². The first-order chi connectivity index (χ1) is 12.2. The number of nitrogens with zero attached hydrogens (tertiary/aromatic N) is 1. The molecule has 0 atom stereocenters. The Labute approximate surface area is 152 Å². The topological polar surface area (TPSA) is 50.8 Å². The quantitative estimate of drug-likeness (QED) is 0.878. The zero-order chi connectivity index (χ0) is 17.5. The average Bonchev–Trinajstić information content (AvgIpc) is 2.64. The van der Waals surface area contributed by atoms with E-state index in [1.165, 1.54) is 0 Å². The van der Waals surface area contributed by atoms with Crippen LogP contribution in [-0.4, -0.2) is 37.3 Å². The van der Waals surface area contributed by atoms with Crippen LogP contribution in [0.5, 0.6) is 0 Å². The highest BCUT2D eigenvalue weighted by molar-refractivity contribution is 6.31. The lowest BCUT2D eigenvalue weighted by Crippen LogP contribution is -2.35. The fourth-order valence-corrected chi connectivity index (χ4v) is 2.87. The van der Waals surface area contributed by atoms with Crippen LogP contribution in [0.3, 0.4) is 0 Å². The van der Waals surface area contributed by atoms with Gasteiger partial charge in [-0.05, 0) is 23.3 Å². The molecule has 1 heterocycles. The Morgan fingerprint density at radius 3 is 2.64 bits per heavy atom. The van der Waals surface area contributed by atoms with Crippen LogP contribution in [0.25, 0.3) is 0 Å². The number of benzene rings is 2. The second-order valence-electron chi connectivity index (χ2n) is 5.88. The maximum absolute atomic E-state index is 11.9. The number of ether oxygens (including phenoxy) is 2. The van der Waals surface area contributed by atoms with Gasteiger partial charge >= 0.3 is 6.09 Å². The normalized spacial score (nSPS) is 14.9. The van der Waals surface area contributed by atoms with Gasteiger partial charge in [0.05, 0.1) is 13.2 Å². The summed E-state index contributed by atoms with van der Waals surface area (Å²) in [5.74, 6) is 0. The molecule has 2 aromatic carbocycles. The van der Waals surface area contributed by atoms with E-state index >= 15 is 0 Å². The van der Waals surface area contributed by atoms with Crippen LogP contribution < -0.4 is 5.32 Å². The van der Waals surface area contributed by atoms with Crippen molar-refractivity contribution >= 4 is 23.4 Å². The molecule has 1 fully saturated rings. The second kappa shape index (κ2) is 8.85. The lowest BCUT2D eigenvalue weighted by Gasteiger charge is -2.27. The van der Waals surface area contributed by atoms with E-state index in [0.29, 0.717) is 10.7 Å². The molecule has 25 heavy (non-hydrogen) atoms. The molecule has 132 valence electrons. The van der Waals surface area contributed by atoms with E-state index in [4.69, 9.17) is 21.1 Å². The van der Waals surface area contributed by atoms with E-state index in [1.807, 2.05) is 42.5 Å². The zero-order valence-electron chi connectivity index (χ0n) is 13.9. The summed E-state index contributed by atoms with van der Waals surface area (Å²) in [6, 6.07) is 15.1. The molecule has 0 aliphatic carbocycles. The van der Waals surface area contributed by atoms with Crippen molar-refractivity contribution < 1.29 is 14.3 Å². The van der Waals surface area contributed by atoms with Gasteiger partial charge < -0.3 is 9.47 Å². The van der Waals surface area contributed by atoms with Crippen LogP contribution in [-0.2, 0) is 22.6 Å². The number of carbonyl (C=O) groups is 1. The molecule has 5 nitrogen and oxygen atoms in total. The third-order valence-corrected chi connectivity index (χ3v) is 4.36. The molecular weight excluding hydrogens is 340 g/mol. The maximum Gasteiger partial charge on any atom is 0.411 e.